The van der Waals surface area contributed by atoms with Crippen molar-refractivity contribution in [2.75, 3.05) is 12.9 Å². The average molecular weight is 491 g/mol. The fraction of sp³-hybridized carbons (Fsp3) is 0.464. The standard InChI is InChI=1S/C17H19NO2S.C7H16O.C2H5N.C2H6/c1-13-6-4-7-16(12-13)21(19,20)11-9-14(2)17-8-5-10-18-15(17)3;1-4-6-7(5-2)8-3;1-2-3;1-2/h4-10,12H,11H2,1-3H3;7H,4-6H2,1-3H3;2H,1,3H2;1-2H3/b14-9-;;;. The van der Waals surface area contributed by atoms with E-state index in [1.54, 1.807) is 37.6 Å². The molecule has 6 heteroatoms. The number of rotatable bonds is 8. The highest BCUT2D eigenvalue weighted by Gasteiger charge is 2.13. The molecule has 1 heterocycles. The van der Waals surface area contributed by atoms with Crippen molar-refractivity contribution in [1.82, 2.24) is 4.98 Å². The van der Waals surface area contributed by atoms with Gasteiger partial charge in [-0.1, -0.05) is 65.0 Å². The Morgan fingerprint density at radius 3 is 2.24 bits per heavy atom. The first kappa shape index (κ1) is 33.7. The van der Waals surface area contributed by atoms with Crippen molar-refractivity contribution in [3.05, 3.63) is 78.3 Å². The van der Waals surface area contributed by atoms with Crippen molar-refractivity contribution in [2.24, 2.45) is 5.73 Å². The minimum absolute atomic E-state index is 0.00335. The van der Waals surface area contributed by atoms with E-state index >= 15 is 0 Å². The number of hydrogen-bond donors (Lipinski definition) is 1. The SMILES string of the molecule is C/C(=C/CS(=O)(=O)c1cccc(C)c1)c1cccnc1C.C=CN.CC.CCCC(CC)OC. The number of hydrogen-bond acceptors (Lipinski definition) is 5. The Hall–Kier alpha value is -2.44. The van der Waals surface area contributed by atoms with Crippen LogP contribution in [0.4, 0.5) is 0 Å². The van der Waals surface area contributed by atoms with E-state index in [4.69, 9.17) is 4.74 Å². The van der Waals surface area contributed by atoms with Gasteiger partial charge in [0.05, 0.1) is 16.8 Å². The van der Waals surface area contributed by atoms with Crippen LogP contribution in [0.15, 0.2) is 66.3 Å². The maximum absolute atomic E-state index is 12.3. The lowest BCUT2D eigenvalue weighted by Crippen LogP contribution is -2.07. The predicted octanol–water partition coefficient (Wildman–Crippen LogP) is 6.90. The van der Waals surface area contributed by atoms with E-state index in [-0.39, 0.29) is 5.75 Å². The van der Waals surface area contributed by atoms with Gasteiger partial charge in [-0.2, -0.15) is 0 Å². The molecular weight excluding hydrogens is 444 g/mol. The van der Waals surface area contributed by atoms with E-state index < -0.39 is 9.84 Å². The van der Waals surface area contributed by atoms with Crippen LogP contribution in [0, 0.1) is 13.8 Å². The van der Waals surface area contributed by atoms with Crippen LogP contribution in [-0.2, 0) is 14.6 Å². The molecule has 0 saturated heterocycles. The summed E-state index contributed by atoms with van der Waals surface area (Å²) in [6.45, 7) is 17.2. The average Bonchev–Trinajstić information content (AvgIpc) is 2.83. The zero-order valence-electron chi connectivity index (χ0n) is 22.5. The molecule has 0 bridgehead atoms. The van der Waals surface area contributed by atoms with Gasteiger partial charge >= 0.3 is 0 Å². The van der Waals surface area contributed by atoms with Crippen molar-refractivity contribution in [3.63, 3.8) is 0 Å². The van der Waals surface area contributed by atoms with E-state index in [0.29, 0.717) is 11.0 Å². The van der Waals surface area contributed by atoms with E-state index in [1.807, 2.05) is 52.8 Å². The number of nitrogens with zero attached hydrogens (tertiary/aromatic N) is 1. The van der Waals surface area contributed by atoms with Crippen LogP contribution >= 0.6 is 0 Å². The molecule has 0 amide bonds. The molecule has 1 aromatic carbocycles. The molecule has 1 atom stereocenters. The summed E-state index contributed by atoms with van der Waals surface area (Å²) in [5, 5.41) is 0. The third kappa shape index (κ3) is 14.0. The summed E-state index contributed by atoms with van der Waals surface area (Å²) in [7, 11) is -1.51. The largest absolute Gasteiger partial charge is 0.405 e. The lowest BCUT2D eigenvalue weighted by Gasteiger charge is -2.09. The summed E-state index contributed by atoms with van der Waals surface area (Å²) in [6, 6.07) is 10.8. The monoisotopic (exact) mass is 490 g/mol. The third-order valence-electron chi connectivity index (χ3n) is 4.79. The van der Waals surface area contributed by atoms with Gasteiger partial charge in [-0.15, -0.1) is 0 Å². The quantitative estimate of drug-likeness (QED) is 0.435. The van der Waals surface area contributed by atoms with Gasteiger partial charge in [-0.3, -0.25) is 4.98 Å². The number of benzene rings is 1. The second-order valence-electron chi connectivity index (χ2n) is 7.41. The molecular formula is C28H46N2O3S. The summed E-state index contributed by atoms with van der Waals surface area (Å²) in [6.07, 6.45) is 8.81. The Balaban J connectivity index is 0. The lowest BCUT2D eigenvalue weighted by atomic mass is 10.1. The number of methoxy groups -OCH3 is 1. The zero-order valence-corrected chi connectivity index (χ0v) is 23.3. The first-order valence-corrected chi connectivity index (χ1v) is 13.6. The highest BCUT2D eigenvalue weighted by atomic mass is 32.2. The normalized spacial score (nSPS) is 11.5. The second-order valence-corrected chi connectivity index (χ2v) is 9.45. The molecule has 0 aliphatic heterocycles. The molecule has 0 saturated carbocycles. The number of pyridine rings is 1. The minimum atomic E-state index is -3.30. The Morgan fingerprint density at radius 2 is 1.79 bits per heavy atom. The van der Waals surface area contributed by atoms with Crippen LogP contribution in [0.2, 0.25) is 0 Å². The lowest BCUT2D eigenvalue weighted by molar-refractivity contribution is 0.0915. The van der Waals surface area contributed by atoms with Gasteiger partial charge in [-0.05, 0) is 74.7 Å². The van der Waals surface area contributed by atoms with E-state index in [1.165, 1.54) is 19.0 Å². The van der Waals surface area contributed by atoms with Crippen molar-refractivity contribution in [1.29, 1.82) is 0 Å². The van der Waals surface area contributed by atoms with Gasteiger partial charge in [0.25, 0.3) is 0 Å². The Kier molecular flexibility index (Phi) is 19.8. The van der Waals surface area contributed by atoms with Crippen LogP contribution in [-0.4, -0.2) is 32.4 Å². The van der Waals surface area contributed by atoms with Gasteiger partial charge in [-0.25, -0.2) is 8.42 Å². The Bertz CT molecular complexity index is 934. The summed E-state index contributed by atoms with van der Waals surface area (Å²) < 4.78 is 29.8. The van der Waals surface area contributed by atoms with Crippen LogP contribution in [0.1, 0.15) is 70.7 Å². The molecule has 2 rings (SSSR count). The van der Waals surface area contributed by atoms with Crippen molar-refractivity contribution < 1.29 is 13.2 Å². The first-order chi connectivity index (χ1) is 16.2. The van der Waals surface area contributed by atoms with Gasteiger partial charge in [0, 0.05) is 19.0 Å². The number of ether oxygens (including phenoxy) is 1. The number of sulfone groups is 1. The number of aromatic nitrogens is 1. The maximum atomic E-state index is 12.3. The highest BCUT2D eigenvalue weighted by molar-refractivity contribution is 7.91. The summed E-state index contributed by atoms with van der Waals surface area (Å²) in [5.41, 5.74) is 8.37. The molecule has 192 valence electrons. The van der Waals surface area contributed by atoms with Crippen LogP contribution < -0.4 is 5.73 Å². The van der Waals surface area contributed by atoms with Crippen LogP contribution in [0.3, 0.4) is 0 Å². The van der Waals surface area contributed by atoms with E-state index in [2.05, 4.69) is 31.1 Å². The summed E-state index contributed by atoms with van der Waals surface area (Å²) in [5.74, 6) is -0.00335. The maximum Gasteiger partial charge on any atom is 0.181 e. The molecule has 0 fully saturated rings. The Labute approximate surface area is 209 Å². The van der Waals surface area contributed by atoms with Crippen LogP contribution in [0.5, 0.6) is 0 Å². The first-order valence-electron chi connectivity index (χ1n) is 11.9. The topological polar surface area (TPSA) is 82.3 Å². The van der Waals surface area contributed by atoms with Crippen LogP contribution in [0.25, 0.3) is 5.57 Å². The fourth-order valence-corrected chi connectivity index (χ4v) is 4.27. The zero-order chi connectivity index (χ0) is 26.6. The van der Waals surface area contributed by atoms with Crippen molar-refractivity contribution in [2.45, 2.75) is 78.7 Å². The minimum Gasteiger partial charge on any atom is -0.405 e. The molecule has 0 aliphatic carbocycles. The Morgan fingerprint density at radius 1 is 1.18 bits per heavy atom. The van der Waals surface area contributed by atoms with Gasteiger partial charge < -0.3 is 10.5 Å². The van der Waals surface area contributed by atoms with Gasteiger partial charge in [0.1, 0.15) is 0 Å². The molecule has 1 unspecified atom stereocenters. The van der Waals surface area contributed by atoms with Crippen molar-refractivity contribution >= 4 is 15.4 Å². The molecule has 2 aromatic rings. The van der Waals surface area contributed by atoms with Gasteiger partial charge in [0.15, 0.2) is 9.84 Å². The highest BCUT2D eigenvalue weighted by Crippen LogP contribution is 2.18. The summed E-state index contributed by atoms with van der Waals surface area (Å²) >= 11 is 0. The van der Waals surface area contributed by atoms with E-state index in [0.717, 1.165) is 28.8 Å². The summed E-state index contributed by atoms with van der Waals surface area (Å²) in [4.78, 5) is 4.59. The smallest absolute Gasteiger partial charge is 0.181 e. The molecule has 2 N–H and O–H groups in total. The molecule has 1 aromatic heterocycles. The fourth-order valence-electron chi connectivity index (χ4n) is 2.96. The molecule has 0 spiro atoms. The molecule has 0 aliphatic rings. The predicted molar refractivity (Wildman–Crippen MR) is 148 cm³/mol. The second kappa shape index (κ2) is 20.0. The van der Waals surface area contributed by atoms with E-state index in [9.17, 15) is 8.42 Å². The molecule has 5 nitrogen and oxygen atoms in total. The van der Waals surface area contributed by atoms with Gasteiger partial charge in [0.2, 0.25) is 0 Å². The third-order valence-corrected chi connectivity index (χ3v) is 6.37. The molecule has 34 heavy (non-hydrogen) atoms. The molecule has 0 radical (unpaired) electrons. The number of nitrogens with two attached hydrogens (primary N) is 1. The number of allylic oxidation sites excluding steroid dienone is 1. The van der Waals surface area contributed by atoms with Crippen molar-refractivity contribution in [3.8, 4) is 0 Å². The number of aryl methyl sites for hydroxylation is 2.